The van der Waals surface area contributed by atoms with E-state index in [1.165, 1.54) is 37.6 Å². The number of amides is 1. The number of aromatic nitrogens is 2. The predicted molar refractivity (Wildman–Crippen MR) is 114 cm³/mol. The van der Waals surface area contributed by atoms with Crippen LogP contribution in [0.15, 0.2) is 30.6 Å². The van der Waals surface area contributed by atoms with Crippen molar-refractivity contribution in [1.29, 1.82) is 0 Å². The summed E-state index contributed by atoms with van der Waals surface area (Å²) in [6.07, 6.45) is 13.0. The Morgan fingerprint density at radius 3 is 2.54 bits per heavy atom. The Kier molecular flexibility index (Phi) is 6.33. The van der Waals surface area contributed by atoms with Crippen LogP contribution >= 0.6 is 0 Å². The zero-order chi connectivity index (χ0) is 19.3. The zero-order valence-corrected chi connectivity index (χ0v) is 17.4. The molecular weight excluding hydrogens is 346 g/mol. The van der Waals surface area contributed by atoms with Gasteiger partial charge in [-0.1, -0.05) is 38.3 Å². The van der Waals surface area contributed by atoms with E-state index in [0.29, 0.717) is 17.7 Å². The van der Waals surface area contributed by atoms with Gasteiger partial charge < -0.3 is 9.47 Å². The molecule has 1 aliphatic carbocycles. The van der Waals surface area contributed by atoms with E-state index in [9.17, 15) is 4.79 Å². The Balaban J connectivity index is 1.24. The number of hydrogen-bond acceptors (Lipinski definition) is 2. The van der Waals surface area contributed by atoms with Gasteiger partial charge in [-0.05, 0) is 62.5 Å². The van der Waals surface area contributed by atoms with Crippen molar-refractivity contribution in [1.82, 2.24) is 14.5 Å². The normalized spacial score (nSPS) is 24.0. The van der Waals surface area contributed by atoms with Gasteiger partial charge in [0.25, 0.3) is 0 Å². The van der Waals surface area contributed by atoms with E-state index in [1.807, 2.05) is 12.4 Å². The van der Waals surface area contributed by atoms with Crippen LogP contribution in [0.2, 0.25) is 0 Å². The summed E-state index contributed by atoms with van der Waals surface area (Å²) in [5, 5.41) is 0. The first-order valence-electron chi connectivity index (χ1n) is 11.4. The fraction of sp³-hybridized carbons (Fsp3) is 0.667. The van der Waals surface area contributed by atoms with Crippen LogP contribution in [-0.2, 0) is 11.3 Å². The second-order valence-electron chi connectivity index (χ2n) is 9.01. The SMILES string of the molecule is CCCCC1CCC(C(=O)N2CCC(Cn3cnc4ccccc43)CC2)CC1. The zero-order valence-electron chi connectivity index (χ0n) is 17.4. The Bertz CT molecular complexity index is 767. The van der Waals surface area contributed by atoms with Crippen molar-refractivity contribution in [3.63, 3.8) is 0 Å². The third-order valence-corrected chi connectivity index (χ3v) is 7.07. The molecule has 2 aliphatic rings. The summed E-state index contributed by atoms with van der Waals surface area (Å²) >= 11 is 0. The monoisotopic (exact) mass is 381 g/mol. The first kappa shape index (κ1) is 19.5. The van der Waals surface area contributed by atoms with E-state index in [0.717, 1.165) is 56.8 Å². The maximum Gasteiger partial charge on any atom is 0.225 e. The summed E-state index contributed by atoms with van der Waals surface area (Å²) in [6.45, 7) is 5.16. The number of benzene rings is 1. The highest BCUT2D eigenvalue weighted by molar-refractivity contribution is 5.79. The second kappa shape index (κ2) is 9.11. The minimum atomic E-state index is 0.298. The molecule has 28 heavy (non-hydrogen) atoms. The van der Waals surface area contributed by atoms with Crippen molar-refractivity contribution >= 4 is 16.9 Å². The number of likely N-dealkylation sites (tertiary alicyclic amines) is 1. The van der Waals surface area contributed by atoms with Gasteiger partial charge in [0.2, 0.25) is 5.91 Å². The third kappa shape index (κ3) is 4.42. The van der Waals surface area contributed by atoms with Crippen LogP contribution < -0.4 is 0 Å². The fourth-order valence-electron chi connectivity index (χ4n) is 5.22. The molecule has 1 aromatic carbocycles. The van der Waals surface area contributed by atoms with Gasteiger partial charge in [0, 0.05) is 25.6 Å². The van der Waals surface area contributed by atoms with Crippen molar-refractivity contribution in [3.8, 4) is 0 Å². The Labute approximate surface area is 169 Å². The summed E-state index contributed by atoms with van der Waals surface area (Å²) < 4.78 is 2.29. The second-order valence-corrected chi connectivity index (χ2v) is 9.01. The van der Waals surface area contributed by atoms with Crippen molar-refractivity contribution in [2.75, 3.05) is 13.1 Å². The van der Waals surface area contributed by atoms with Gasteiger partial charge >= 0.3 is 0 Å². The minimum absolute atomic E-state index is 0.298. The summed E-state index contributed by atoms with van der Waals surface area (Å²) in [4.78, 5) is 19.7. The highest BCUT2D eigenvalue weighted by atomic mass is 16.2. The summed E-state index contributed by atoms with van der Waals surface area (Å²) in [6, 6.07) is 8.35. The summed E-state index contributed by atoms with van der Waals surface area (Å²) in [5.41, 5.74) is 2.30. The van der Waals surface area contributed by atoms with E-state index in [2.05, 4.69) is 39.6 Å². The minimum Gasteiger partial charge on any atom is -0.342 e. The number of piperidine rings is 1. The number of unbranched alkanes of at least 4 members (excludes halogenated alkanes) is 1. The molecule has 0 bridgehead atoms. The number of rotatable bonds is 6. The van der Waals surface area contributed by atoms with E-state index in [4.69, 9.17) is 0 Å². The van der Waals surface area contributed by atoms with E-state index >= 15 is 0 Å². The van der Waals surface area contributed by atoms with E-state index in [-0.39, 0.29) is 0 Å². The standard InChI is InChI=1S/C24H35N3O/c1-2-3-6-19-9-11-21(12-10-19)24(28)26-15-13-20(14-16-26)17-27-18-25-22-7-4-5-8-23(22)27/h4-5,7-8,18-21H,2-3,6,9-17H2,1H3. The molecule has 4 rings (SSSR count). The topological polar surface area (TPSA) is 38.1 Å². The molecular formula is C24H35N3O. The van der Waals surface area contributed by atoms with Crippen LogP contribution in [0, 0.1) is 17.8 Å². The lowest BCUT2D eigenvalue weighted by Gasteiger charge is -2.36. The maximum atomic E-state index is 13.0. The van der Waals surface area contributed by atoms with Crippen LogP contribution in [0.25, 0.3) is 11.0 Å². The molecule has 152 valence electrons. The van der Waals surface area contributed by atoms with E-state index < -0.39 is 0 Å². The lowest BCUT2D eigenvalue weighted by molar-refractivity contribution is -0.138. The molecule has 0 unspecified atom stereocenters. The summed E-state index contributed by atoms with van der Waals surface area (Å²) in [7, 11) is 0. The molecule has 1 saturated carbocycles. The van der Waals surface area contributed by atoms with Gasteiger partial charge in [0.15, 0.2) is 0 Å². The molecule has 4 heteroatoms. The number of para-hydroxylation sites is 2. The van der Waals surface area contributed by atoms with Gasteiger partial charge in [-0.15, -0.1) is 0 Å². The molecule has 0 atom stereocenters. The first-order chi connectivity index (χ1) is 13.7. The highest BCUT2D eigenvalue weighted by Gasteiger charge is 2.31. The van der Waals surface area contributed by atoms with Crippen molar-refractivity contribution in [3.05, 3.63) is 30.6 Å². The van der Waals surface area contributed by atoms with Gasteiger partial charge in [-0.25, -0.2) is 4.98 Å². The van der Waals surface area contributed by atoms with Gasteiger partial charge in [-0.2, -0.15) is 0 Å². The van der Waals surface area contributed by atoms with Crippen LogP contribution in [0.4, 0.5) is 0 Å². The molecule has 4 nitrogen and oxygen atoms in total. The average molecular weight is 382 g/mol. The molecule has 2 fully saturated rings. The smallest absolute Gasteiger partial charge is 0.225 e. The number of fused-ring (bicyclic) bond motifs is 1. The molecule has 2 heterocycles. The van der Waals surface area contributed by atoms with Crippen molar-refractivity contribution in [2.24, 2.45) is 17.8 Å². The maximum absolute atomic E-state index is 13.0. The van der Waals surface area contributed by atoms with Gasteiger partial charge in [-0.3, -0.25) is 4.79 Å². The molecule has 0 radical (unpaired) electrons. The van der Waals surface area contributed by atoms with Crippen molar-refractivity contribution in [2.45, 2.75) is 71.3 Å². The quantitative estimate of drug-likeness (QED) is 0.683. The summed E-state index contributed by atoms with van der Waals surface area (Å²) in [5.74, 6) is 2.26. The number of carbonyl (C=O) groups is 1. The van der Waals surface area contributed by atoms with Crippen molar-refractivity contribution < 1.29 is 4.79 Å². The molecule has 1 saturated heterocycles. The van der Waals surface area contributed by atoms with Crippen LogP contribution in [0.5, 0.6) is 0 Å². The predicted octanol–water partition coefficient (Wildman–Crippen LogP) is 5.27. The van der Waals surface area contributed by atoms with Gasteiger partial charge in [0.1, 0.15) is 0 Å². The van der Waals surface area contributed by atoms with Crippen LogP contribution in [-0.4, -0.2) is 33.4 Å². The Morgan fingerprint density at radius 2 is 1.79 bits per heavy atom. The third-order valence-electron chi connectivity index (χ3n) is 7.07. The number of carbonyl (C=O) groups excluding carboxylic acids is 1. The molecule has 1 aromatic heterocycles. The van der Waals surface area contributed by atoms with Crippen LogP contribution in [0.3, 0.4) is 0 Å². The molecule has 1 aliphatic heterocycles. The Morgan fingerprint density at radius 1 is 1.04 bits per heavy atom. The average Bonchev–Trinajstić information content (AvgIpc) is 3.15. The molecule has 0 N–H and O–H groups in total. The highest BCUT2D eigenvalue weighted by Crippen LogP contribution is 2.33. The Hall–Kier alpha value is -1.84. The number of imidazole rings is 1. The molecule has 0 spiro atoms. The molecule has 2 aromatic rings. The lowest BCUT2D eigenvalue weighted by atomic mass is 9.79. The lowest BCUT2D eigenvalue weighted by Crippen LogP contribution is -2.43. The van der Waals surface area contributed by atoms with Gasteiger partial charge in [0.05, 0.1) is 17.4 Å². The molecule has 1 amide bonds. The largest absolute Gasteiger partial charge is 0.342 e. The number of hydrogen-bond donors (Lipinski definition) is 0. The van der Waals surface area contributed by atoms with Crippen LogP contribution in [0.1, 0.15) is 64.7 Å². The first-order valence-corrected chi connectivity index (χ1v) is 11.4. The van der Waals surface area contributed by atoms with E-state index in [1.54, 1.807) is 0 Å². The fourth-order valence-corrected chi connectivity index (χ4v) is 5.22. The number of nitrogens with zero attached hydrogens (tertiary/aromatic N) is 3.